The molecule has 0 radical (unpaired) electrons. The first kappa shape index (κ1) is 18.7. The lowest BCUT2D eigenvalue weighted by molar-refractivity contribution is 0.210. The zero-order valence-corrected chi connectivity index (χ0v) is 13.8. The molecule has 0 aliphatic carbocycles. The van der Waals surface area contributed by atoms with E-state index in [1.54, 1.807) is 0 Å². The van der Waals surface area contributed by atoms with Gasteiger partial charge in [-0.3, -0.25) is 0 Å². The normalized spacial score (nSPS) is 22.8. The van der Waals surface area contributed by atoms with E-state index in [0.29, 0.717) is 0 Å². The van der Waals surface area contributed by atoms with Gasteiger partial charge in [-0.05, 0) is 12.8 Å². The van der Waals surface area contributed by atoms with Crippen molar-refractivity contribution >= 4 is 0 Å². The quantitative estimate of drug-likeness (QED) is 0.261. The van der Waals surface area contributed by atoms with Crippen LogP contribution in [0.4, 0.5) is 0 Å². The number of aliphatic hydroxyl groups excluding tert-OH is 2. The van der Waals surface area contributed by atoms with E-state index in [4.69, 9.17) is 5.11 Å². The van der Waals surface area contributed by atoms with Crippen molar-refractivity contribution in [3.8, 4) is 0 Å². The molecule has 0 unspecified atom stereocenters. The molecule has 0 aromatic rings. The SMILES string of the molecule is CCCCCCCCCCCC/C=C/[C@@H](O)[C@H]1N[C@H]1CO. The highest BCUT2D eigenvalue weighted by atomic mass is 16.3. The molecule has 1 rings (SSSR count). The van der Waals surface area contributed by atoms with Crippen LogP contribution in [0.3, 0.4) is 0 Å². The fraction of sp³-hybridized carbons (Fsp3) is 0.889. The lowest BCUT2D eigenvalue weighted by Gasteiger charge is -2.02. The van der Waals surface area contributed by atoms with E-state index in [2.05, 4.69) is 18.3 Å². The second-order valence-corrected chi connectivity index (χ2v) is 6.37. The minimum atomic E-state index is -0.440. The van der Waals surface area contributed by atoms with Crippen LogP contribution in [-0.2, 0) is 0 Å². The maximum atomic E-state index is 9.79. The summed E-state index contributed by atoms with van der Waals surface area (Å²) >= 11 is 0. The fourth-order valence-corrected chi connectivity index (χ4v) is 2.80. The van der Waals surface area contributed by atoms with Crippen LogP contribution in [0.25, 0.3) is 0 Å². The van der Waals surface area contributed by atoms with Crippen molar-refractivity contribution in [1.29, 1.82) is 0 Å². The van der Waals surface area contributed by atoms with Gasteiger partial charge in [0.25, 0.3) is 0 Å². The topological polar surface area (TPSA) is 62.4 Å². The van der Waals surface area contributed by atoms with Crippen molar-refractivity contribution in [3.63, 3.8) is 0 Å². The molecular weight excluding hydrogens is 262 g/mol. The molecule has 3 nitrogen and oxygen atoms in total. The molecule has 0 spiro atoms. The van der Waals surface area contributed by atoms with Crippen LogP contribution in [0, 0.1) is 0 Å². The first-order valence-corrected chi connectivity index (χ1v) is 9.01. The van der Waals surface area contributed by atoms with E-state index < -0.39 is 6.10 Å². The Kier molecular flexibility index (Phi) is 10.8. The lowest BCUT2D eigenvalue weighted by atomic mass is 10.1. The van der Waals surface area contributed by atoms with Gasteiger partial charge in [-0.1, -0.05) is 76.9 Å². The summed E-state index contributed by atoms with van der Waals surface area (Å²) in [7, 11) is 0. The van der Waals surface area contributed by atoms with Gasteiger partial charge in [-0.15, -0.1) is 0 Å². The van der Waals surface area contributed by atoms with Gasteiger partial charge in [-0.25, -0.2) is 0 Å². The number of nitrogens with one attached hydrogen (secondary N) is 1. The summed E-state index contributed by atoms with van der Waals surface area (Å²) in [6.07, 6.45) is 18.2. The summed E-state index contributed by atoms with van der Waals surface area (Å²) in [6, 6.07) is 0.168. The predicted octanol–water partition coefficient (Wildman–Crippen LogP) is 3.55. The first-order chi connectivity index (χ1) is 10.3. The minimum absolute atomic E-state index is 0.0685. The number of hydrogen-bond acceptors (Lipinski definition) is 3. The van der Waals surface area contributed by atoms with Crippen molar-refractivity contribution in [2.24, 2.45) is 0 Å². The van der Waals surface area contributed by atoms with Gasteiger partial charge in [0.15, 0.2) is 0 Å². The largest absolute Gasteiger partial charge is 0.395 e. The molecule has 0 bridgehead atoms. The first-order valence-electron chi connectivity index (χ1n) is 9.01. The Labute approximate surface area is 130 Å². The molecule has 0 aromatic heterocycles. The Bertz CT molecular complexity index is 268. The summed E-state index contributed by atoms with van der Waals surface area (Å²) < 4.78 is 0. The summed E-state index contributed by atoms with van der Waals surface area (Å²) in [5.74, 6) is 0. The molecule has 1 heterocycles. The molecule has 0 aromatic carbocycles. The Balaban J connectivity index is 1.80. The molecule has 1 aliphatic rings. The molecule has 3 atom stereocenters. The second kappa shape index (κ2) is 12.2. The smallest absolute Gasteiger partial charge is 0.0890 e. The number of aliphatic hydroxyl groups is 2. The number of unbranched alkanes of at least 4 members (excludes halogenated alkanes) is 10. The van der Waals surface area contributed by atoms with Gasteiger partial charge < -0.3 is 15.5 Å². The number of rotatable bonds is 14. The van der Waals surface area contributed by atoms with E-state index in [9.17, 15) is 5.11 Å². The van der Waals surface area contributed by atoms with E-state index in [-0.39, 0.29) is 18.7 Å². The van der Waals surface area contributed by atoms with E-state index in [1.165, 1.54) is 64.2 Å². The van der Waals surface area contributed by atoms with Crippen LogP contribution >= 0.6 is 0 Å². The predicted molar refractivity (Wildman–Crippen MR) is 89.4 cm³/mol. The van der Waals surface area contributed by atoms with Crippen molar-refractivity contribution in [2.75, 3.05) is 6.61 Å². The third-order valence-electron chi connectivity index (χ3n) is 4.35. The van der Waals surface area contributed by atoms with E-state index in [1.807, 2.05) is 6.08 Å². The molecular formula is C18H35NO2. The van der Waals surface area contributed by atoms with Crippen LogP contribution in [0.5, 0.6) is 0 Å². The number of hydrogen-bond donors (Lipinski definition) is 3. The molecule has 3 N–H and O–H groups in total. The molecule has 1 saturated heterocycles. The molecule has 21 heavy (non-hydrogen) atoms. The van der Waals surface area contributed by atoms with E-state index in [0.717, 1.165) is 6.42 Å². The van der Waals surface area contributed by atoms with Crippen LogP contribution in [0.15, 0.2) is 12.2 Å². The zero-order valence-electron chi connectivity index (χ0n) is 13.8. The monoisotopic (exact) mass is 297 g/mol. The highest BCUT2D eigenvalue weighted by molar-refractivity contribution is 5.09. The second-order valence-electron chi connectivity index (χ2n) is 6.37. The maximum Gasteiger partial charge on any atom is 0.0890 e. The van der Waals surface area contributed by atoms with Crippen LogP contribution in [0.1, 0.15) is 77.6 Å². The Hall–Kier alpha value is -0.380. The van der Waals surface area contributed by atoms with Crippen molar-refractivity contribution in [1.82, 2.24) is 5.32 Å². The highest BCUT2D eigenvalue weighted by Crippen LogP contribution is 2.16. The standard InChI is InChI=1S/C18H35NO2/c1-2-3-4-5-6-7-8-9-10-11-12-13-14-17(21)18-16(15-20)19-18/h13-14,16-21H,2-12,15H2,1H3/b14-13+/t16-,17+,18-/m0/s1. The highest BCUT2D eigenvalue weighted by Gasteiger charge is 2.39. The van der Waals surface area contributed by atoms with Crippen LogP contribution in [-0.4, -0.2) is 35.0 Å². The third-order valence-corrected chi connectivity index (χ3v) is 4.35. The Morgan fingerprint density at radius 3 is 2.05 bits per heavy atom. The lowest BCUT2D eigenvalue weighted by Crippen LogP contribution is -2.15. The van der Waals surface area contributed by atoms with Crippen molar-refractivity contribution in [3.05, 3.63) is 12.2 Å². The fourth-order valence-electron chi connectivity index (χ4n) is 2.80. The van der Waals surface area contributed by atoms with Gasteiger partial charge in [-0.2, -0.15) is 0 Å². The Morgan fingerprint density at radius 1 is 0.952 bits per heavy atom. The maximum absolute atomic E-state index is 9.79. The van der Waals surface area contributed by atoms with Crippen LogP contribution < -0.4 is 5.32 Å². The van der Waals surface area contributed by atoms with E-state index >= 15 is 0 Å². The zero-order chi connectivity index (χ0) is 15.3. The summed E-state index contributed by atoms with van der Waals surface area (Å²) in [5, 5.41) is 21.8. The van der Waals surface area contributed by atoms with Gasteiger partial charge in [0, 0.05) is 6.04 Å². The molecule has 1 aliphatic heterocycles. The molecule has 0 amide bonds. The Morgan fingerprint density at radius 2 is 1.52 bits per heavy atom. The van der Waals surface area contributed by atoms with Crippen molar-refractivity contribution in [2.45, 2.75) is 95.7 Å². The van der Waals surface area contributed by atoms with Gasteiger partial charge in [0.05, 0.1) is 18.8 Å². The van der Waals surface area contributed by atoms with Gasteiger partial charge in [0.2, 0.25) is 0 Å². The van der Waals surface area contributed by atoms with Crippen LogP contribution in [0.2, 0.25) is 0 Å². The summed E-state index contributed by atoms with van der Waals surface area (Å²) in [4.78, 5) is 0. The average Bonchev–Trinajstić information content (AvgIpc) is 3.28. The summed E-state index contributed by atoms with van der Waals surface area (Å²) in [5.41, 5.74) is 0. The summed E-state index contributed by atoms with van der Waals surface area (Å²) in [6.45, 7) is 2.38. The molecule has 3 heteroatoms. The van der Waals surface area contributed by atoms with Gasteiger partial charge >= 0.3 is 0 Å². The number of allylic oxidation sites excluding steroid dienone is 1. The average molecular weight is 297 g/mol. The van der Waals surface area contributed by atoms with Gasteiger partial charge in [0.1, 0.15) is 0 Å². The molecule has 1 fully saturated rings. The molecule has 124 valence electrons. The molecule has 0 saturated carbocycles. The minimum Gasteiger partial charge on any atom is -0.395 e. The van der Waals surface area contributed by atoms with Crippen molar-refractivity contribution < 1.29 is 10.2 Å². The third kappa shape index (κ3) is 9.28.